The lowest BCUT2D eigenvalue weighted by Gasteiger charge is -2.47. The summed E-state index contributed by atoms with van der Waals surface area (Å²) in [7, 11) is 1.38. The molecule has 0 aromatic carbocycles. The summed E-state index contributed by atoms with van der Waals surface area (Å²) >= 11 is 0. The van der Waals surface area contributed by atoms with Crippen LogP contribution < -0.4 is 10.2 Å². The quantitative estimate of drug-likeness (QED) is 0.478. The molecule has 2 aromatic heterocycles. The van der Waals surface area contributed by atoms with Crippen LogP contribution in [-0.4, -0.2) is 83.8 Å². The molecule has 0 bridgehead atoms. The molecular weight excluding hydrogens is 508 g/mol. The predicted molar refractivity (Wildman–Crippen MR) is 155 cm³/mol. The summed E-state index contributed by atoms with van der Waals surface area (Å²) in [4.78, 5) is 44.5. The van der Waals surface area contributed by atoms with Crippen LogP contribution in [0, 0.1) is 19.8 Å². The first-order valence-corrected chi connectivity index (χ1v) is 14.3. The lowest BCUT2D eigenvalue weighted by Crippen LogP contribution is -2.61. The first-order chi connectivity index (χ1) is 19.0. The maximum Gasteiger partial charge on any atom is 0.339 e. The van der Waals surface area contributed by atoms with Crippen LogP contribution in [0.1, 0.15) is 90.7 Å². The van der Waals surface area contributed by atoms with Gasteiger partial charge in [0.25, 0.3) is 5.91 Å². The van der Waals surface area contributed by atoms with Crippen molar-refractivity contribution >= 4 is 23.5 Å². The standard InChI is InChI=1S/C30H44N6O4/c1-19(2)8-11-31-27-26(22-9-14-40-15-10-22)34-23(17-32-27)28(37)36-13-12-35(18-30(36,5)6)24-16-20(3)25(21(4)33-24)29(38)39-7/h16-17,19,22H,8-15,18H2,1-7H3,(H,31,32). The zero-order chi connectivity index (χ0) is 29.0. The van der Waals surface area contributed by atoms with E-state index in [2.05, 4.69) is 37.9 Å². The number of rotatable bonds is 8. The molecule has 2 aliphatic rings. The number of amides is 1. The van der Waals surface area contributed by atoms with E-state index in [1.54, 1.807) is 6.20 Å². The number of ether oxygens (including phenoxy) is 2. The Morgan fingerprint density at radius 2 is 1.90 bits per heavy atom. The monoisotopic (exact) mass is 552 g/mol. The lowest BCUT2D eigenvalue weighted by molar-refractivity contribution is 0.0504. The van der Waals surface area contributed by atoms with E-state index >= 15 is 0 Å². The number of pyridine rings is 1. The van der Waals surface area contributed by atoms with Gasteiger partial charge in [0.05, 0.1) is 35.8 Å². The second kappa shape index (κ2) is 12.5. The molecule has 10 nitrogen and oxygen atoms in total. The Hall–Kier alpha value is -3.27. The highest BCUT2D eigenvalue weighted by Crippen LogP contribution is 2.32. The third-order valence-corrected chi connectivity index (χ3v) is 7.89. The molecule has 1 amide bonds. The average Bonchev–Trinajstić information content (AvgIpc) is 2.92. The number of aryl methyl sites for hydroxylation is 2. The fourth-order valence-electron chi connectivity index (χ4n) is 5.63. The first-order valence-electron chi connectivity index (χ1n) is 14.3. The normalized spacial score (nSPS) is 17.7. The van der Waals surface area contributed by atoms with E-state index in [4.69, 9.17) is 24.4 Å². The molecule has 0 spiro atoms. The Balaban J connectivity index is 1.54. The SMILES string of the molecule is COC(=O)c1c(C)cc(N2CCN(C(=O)c3cnc(NCCC(C)C)c(C4CCOCC4)n3)C(C)(C)C2)nc1C. The van der Waals surface area contributed by atoms with Gasteiger partial charge in [-0.15, -0.1) is 0 Å². The van der Waals surface area contributed by atoms with E-state index in [1.165, 1.54) is 7.11 Å². The smallest absolute Gasteiger partial charge is 0.339 e. The van der Waals surface area contributed by atoms with Gasteiger partial charge in [0.1, 0.15) is 17.3 Å². The number of methoxy groups -OCH3 is 1. The number of carbonyl (C=O) groups is 2. The number of carbonyl (C=O) groups excluding carboxylic acids is 2. The number of piperazine rings is 1. The highest BCUT2D eigenvalue weighted by Gasteiger charge is 2.39. The molecule has 1 N–H and O–H groups in total. The van der Waals surface area contributed by atoms with Gasteiger partial charge < -0.3 is 24.6 Å². The second-order valence-corrected chi connectivity index (χ2v) is 11.9. The summed E-state index contributed by atoms with van der Waals surface area (Å²) in [6, 6.07) is 1.92. The fourth-order valence-corrected chi connectivity index (χ4v) is 5.63. The van der Waals surface area contributed by atoms with E-state index in [0.29, 0.717) is 55.7 Å². The molecule has 2 saturated heterocycles. The van der Waals surface area contributed by atoms with Gasteiger partial charge in [-0.2, -0.15) is 0 Å². The van der Waals surface area contributed by atoms with Gasteiger partial charge in [0.15, 0.2) is 0 Å². The van der Waals surface area contributed by atoms with Crippen LogP contribution in [0.2, 0.25) is 0 Å². The van der Waals surface area contributed by atoms with Crippen molar-refractivity contribution in [2.45, 2.75) is 72.3 Å². The van der Waals surface area contributed by atoms with Crippen molar-refractivity contribution in [2.75, 3.05) is 56.7 Å². The maximum absolute atomic E-state index is 13.9. The fraction of sp³-hybridized carbons (Fsp3) is 0.633. The van der Waals surface area contributed by atoms with Crippen molar-refractivity contribution in [2.24, 2.45) is 5.92 Å². The first kappa shape index (κ1) is 29.7. The minimum atomic E-state index is -0.478. The highest BCUT2D eigenvalue weighted by atomic mass is 16.5. The number of aromatic nitrogens is 3. The summed E-state index contributed by atoms with van der Waals surface area (Å²) in [5.41, 5.74) is 2.73. The topological polar surface area (TPSA) is 110 Å². The third kappa shape index (κ3) is 6.54. The Morgan fingerprint density at radius 3 is 2.52 bits per heavy atom. The Morgan fingerprint density at radius 1 is 1.18 bits per heavy atom. The average molecular weight is 553 g/mol. The zero-order valence-electron chi connectivity index (χ0n) is 25.0. The van der Waals surface area contributed by atoms with Gasteiger partial charge in [0, 0.05) is 45.3 Å². The second-order valence-electron chi connectivity index (χ2n) is 11.9. The highest BCUT2D eigenvalue weighted by molar-refractivity contribution is 5.93. The van der Waals surface area contributed by atoms with Gasteiger partial charge in [-0.1, -0.05) is 13.8 Å². The van der Waals surface area contributed by atoms with Crippen LogP contribution in [0.15, 0.2) is 12.3 Å². The van der Waals surface area contributed by atoms with E-state index in [9.17, 15) is 9.59 Å². The number of nitrogens with one attached hydrogen (secondary N) is 1. The molecule has 2 fully saturated rings. The van der Waals surface area contributed by atoms with Crippen LogP contribution in [0.4, 0.5) is 11.6 Å². The van der Waals surface area contributed by atoms with Crippen molar-refractivity contribution in [3.05, 3.63) is 40.5 Å². The number of hydrogen-bond acceptors (Lipinski definition) is 9. The molecule has 10 heteroatoms. The number of esters is 1. The van der Waals surface area contributed by atoms with E-state index in [-0.39, 0.29) is 17.8 Å². The van der Waals surface area contributed by atoms with E-state index in [0.717, 1.165) is 48.7 Å². The molecule has 4 rings (SSSR count). The maximum atomic E-state index is 13.9. The zero-order valence-corrected chi connectivity index (χ0v) is 25.0. The van der Waals surface area contributed by atoms with Crippen molar-refractivity contribution in [3.8, 4) is 0 Å². The molecule has 2 aromatic rings. The van der Waals surface area contributed by atoms with Gasteiger partial charge in [0.2, 0.25) is 0 Å². The predicted octanol–water partition coefficient (Wildman–Crippen LogP) is 4.37. The minimum absolute atomic E-state index is 0.111. The molecule has 0 unspecified atom stereocenters. The van der Waals surface area contributed by atoms with Gasteiger partial charge in [-0.25, -0.2) is 19.7 Å². The number of anilines is 2. The summed E-state index contributed by atoms with van der Waals surface area (Å²) < 4.78 is 10.5. The molecular formula is C30H44N6O4. The molecule has 218 valence electrons. The molecule has 2 aliphatic heterocycles. The Kier molecular flexibility index (Phi) is 9.28. The minimum Gasteiger partial charge on any atom is -0.465 e. The number of nitrogens with zero attached hydrogens (tertiary/aromatic N) is 5. The van der Waals surface area contributed by atoms with Gasteiger partial charge in [-0.3, -0.25) is 4.79 Å². The summed E-state index contributed by atoms with van der Waals surface area (Å²) in [5.74, 6) is 1.88. The molecule has 0 atom stereocenters. The third-order valence-electron chi connectivity index (χ3n) is 7.89. The van der Waals surface area contributed by atoms with Crippen molar-refractivity contribution < 1.29 is 19.1 Å². The molecule has 0 saturated carbocycles. The Labute approximate surface area is 237 Å². The molecule has 0 aliphatic carbocycles. The molecule has 0 radical (unpaired) electrons. The van der Waals surface area contributed by atoms with Crippen molar-refractivity contribution in [1.29, 1.82) is 0 Å². The van der Waals surface area contributed by atoms with Crippen LogP contribution in [0.25, 0.3) is 0 Å². The van der Waals surface area contributed by atoms with Crippen LogP contribution in [-0.2, 0) is 9.47 Å². The van der Waals surface area contributed by atoms with Crippen molar-refractivity contribution in [1.82, 2.24) is 19.9 Å². The van der Waals surface area contributed by atoms with Crippen LogP contribution >= 0.6 is 0 Å². The summed E-state index contributed by atoms with van der Waals surface area (Å²) in [6.45, 7) is 16.2. The van der Waals surface area contributed by atoms with Crippen LogP contribution in [0.5, 0.6) is 0 Å². The summed E-state index contributed by atoms with van der Waals surface area (Å²) in [6.07, 6.45) is 4.39. The lowest BCUT2D eigenvalue weighted by atomic mass is 9.95. The van der Waals surface area contributed by atoms with E-state index < -0.39 is 5.54 Å². The van der Waals surface area contributed by atoms with E-state index in [1.807, 2.05) is 24.8 Å². The summed E-state index contributed by atoms with van der Waals surface area (Å²) in [5, 5.41) is 3.47. The van der Waals surface area contributed by atoms with Crippen molar-refractivity contribution in [3.63, 3.8) is 0 Å². The number of hydrogen-bond donors (Lipinski definition) is 1. The van der Waals surface area contributed by atoms with Gasteiger partial charge in [-0.05, 0) is 64.5 Å². The molecule has 40 heavy (non-hydrogen) atoms. The molecule has 4 heterocycles. The van der Waals surface area contributed by atoms with Gasteiger partial charge >= 0.3 is 5.97 Å². The Bertz CT molecular complexity index is 1200. The van der Waals surface area contributed by atoms with Crippen LogP contribution in [0.3, 0.4) is 0 Å². The largest absolute Gasteiger partial charge is 0.465 e.